The van der Waals surface area contributed by atoms with Crippen molar-refractivity contribution >= 4 is 10.0 Å². The lowest BCUT2D eigenvalue weighted by molar-refractivity contribution is -0.605. The van der Waals surface area contributed by atoms with E-state index >= 15 is 0 Å². The first-order valence-electron chi connectivity index (χ1n) is 6.66. The van der Waals surface area contributed by atoms with Gasteiger partial charge < -0.3 is 9.94 Å². The molecule has 0 saturated carbocycles. The molecule has 0 saturated heterocycles. The molecule has 0 bridgehead atoms. The average Bonchev–Trinajstić information content (AvgIpc) is 2.47. The minimum atomic E-state index is -3.67. The zero-order chi connectivity index (χ0) is 16.3. The standard InChI is InChI=1S/C15H18N2O4S/c1-11-8-15(12(2)7-14(11)21-3)22(19,20)16-9-13-5-4-6-17(18)10-13/h4-8,10,16H,9H2,1-3H3. The first-order chi connectivity index (χ1) is 10.3. The molecule has 118 valence electrons. The Morgan fingerprint density at radius 2 is 2.00 bits per heavy atom. The first-order valence-corrected chi connectivity index (χ1v) is 8.14. The summed E-state index contributed by atoms with van der Waals surface area (Å²) in [6, 6.07) is 6.52. The lowest BCUT2D eigenvalue weighted by Gasteiger charge is -2.12. The van der Waals surface area contributed by atoms with Crippen LogP contribution in [0.25, 0.3) is 0 Å². The van der Waals surface area contributed by atoms with Crippen molar-refractivity contribution < 1.29 is 17.9 Å². The number of aromatic nitrogens is 1. The zero-order valence-electron chi connectivity index (χ0n) is 12.7. The Bertz CT molecular complexity index is 788. The molecule has 1 aromatic heterocycles. The third kappa shape index (κ3) is 3.55. The second-order valence-electron chi connectivity index (χ2n) is 4.98. The maximum atomic E-state index is 12.4. The smallest absolute Gasteiger partial charge is 0.241 e. The summed E-state index contributed by atoms with van der Waals surface area (Å²) in [5, 5.41) is 11.2. The van der Waals surface area contributed by atoms with Crippen LogP contribution in [-0.4, -0.2) is 15.5 Å². The van der Waals surface area contributed by atoms with E-state index in [9.17, 15) is 13.6 Å². The SMILES string of the molecule is COc1cc(C)c(S(=O)(=O)NCc2ccc[n+]([O-])c2)cc1C. The number of pyridine rings is 1. The van der Waals surface area contributed by atoms with E-state index < -0.39 is 10.0 Å². The van der Waals surface area contributed by atoms with E-state index in [0.717, 1.165) is 5.56 Å². The average molecular weight is 322 g/mol. The molecule has 0 amide bonds. The molecule has 1 N–H and O–H groups in total. The molecule has 2 rings (SSSR count). The molecule has 0 fully saturated rings. The molecule has 0 atom stereocenters. The maximum Gasteiger partial charge on any atom is 0.241 e. The zero-order valence-corrected chi connectivity index (χ0v) is 13.5. The van der Waals surface area contributed by atoms with Crippen LogP contribution in [0.2, 0.25) is 0 Å². The van der Waals surface area contributed by atoms with Gasteiger partial charge in [-0.3, -0.25) is 0 Å². The lowest BCUT2D eigenvalue weighted by Crippen LogP contribution is -2.28. The van der Waals surface area contributed by atoms with Gasteiger partial charge in [0.1, 0.15) is 5.75 Å². The molecular weight excluding hydrogens is 304 g/mol. The number of nitrogens with zero attached hydrogens (tertiary/aromatic N) is 1. The Hall–Kier alpha value is -2.12. The molecule has 1 aromatic carbocycles. The lowest BCUT2D eigenvalue weighted by atomic mass is 10.1. The number of benzene rings is 1. The van der Waals surface area contributed by atoms with Crippen LogP contribution < -0.4 is 14.2 Å². The van der Waals surface area contributed by atoms with Gasteiger partial charge in [0.2, 0.25) is 10.0 Å². The summed E-state index contributed by atoms with van der Waals surface area (Å²) in [4.78, 5) is 0.205. The van der Waals surface area contributed by atoms with Crippen LogP contribution in [0, 0.1) is 19.1 Å². The van der Waals surface area contributed by atoms with E-state index in [1.165, 1.54) is 12.4 Å². The number of nitrogens with one attached hydrogen (secondary N) is 1. The van der Waals surface area contributed by atoms with E-state index in [1.807, 2.05) is 0 Å². The van der Waals surface area contributed by atoms with Crippen molar-refractivity contribution in [3.8, 4) is 5.75 Å². The molecule has 0 radical (unpaired) electrons. The van der Waals surface area contributed by atoms with Gasteiger partial charge in [-0.25, -0.2) is 13.1 Å². The van der Waals surface area contributed by atoms with Crippen molar-refractivity contribution in [2.75, 3.05) is 7.11 Å². The molecule has 2 aromatic rings. The monoisotopic (exact) mass is 322 g/mol. The highest BCUT2D eigenvalue weighted by molar-refractivity contribution is 7.89. The summed E-state index contributed by atoms with van der Waals surface area (Å²) in [5.41, 5.74) is 1.93. The van der Waals surface area contributed by atoms with Gasteiger partial charge in [-0.05, 0) is 43.2 Å². The van der Waals surface area contributed by atoms with Gasteiger partial charge in [-0.15, -0.1) is 0 Å². The van der Waals surface area contributed by atoms with Crippen LogP contribution >= 0.6 is 0 Å². The van der Waals surface area contributed by atoms with Crippen LogP contribution in [0.1, 0.15) is 16.7 Å². The topological polar surface area (TPSA) is 82.3 Å². The minimum absolute atomic E-state index is 0.0515. The number of methoxy groups -OCH3 is 1. The number of sulfonamides is 1. The second-order valence-corrected chi connectivity index (χ2v) is 6.72. The number of ether oxygens (including phenoxy) is 1. The van der Waals surface area contributed by atoms with Crippen molar-refractivity contribution in [3.05, 3.63) is 58.6 Å². The van der Waals surface area contributed by atoms with Crippen molar-refractivity contribution in [1.29, 1.82) is 0 Å². The van der Waals surface area contributed by atoms with E-state index in [0.29, 0.717) is 21.6 Å². The largest absolute Gasteiger partial charge is 0.619 e. The highest BCUT2D eigenvalue weighted by Crippen LogP contribution is 2.25. The molecule has 0 unspecified atom stereocenters. The quantitative estimate of drug-likeness (QED) is 0.667. The van der Waals surface area contributed by atoms with Gasteiger partial charge in [0.05, 0.1) is 12.0 Å². The maximum absolute atomic E-state index is 12.4. The van der Waals surface area contributed by atoms with E-state index in [4.69, 9.17) is 4.74 Å². The summed E-state index contributed by atoms with van der Waals surface area (Å²) < 4.78 is 33.2. The number of rotatable bonds is 5. The number of aryl methyl sites for hydroxylation is 2. The third-order valence-electron chi connectivity index (χ3n) is 3.28. The third-order valence-corrected chi connectivity index (χ3v) is 4.83. The molecule has 6 nitrogen and oxygen atoms in total. The Balaban J connectivity index is 2.25. The fourth-order valence-corrected chi connectivity index (χ4v) is 3.46. The normalized spacial score (nSPS) is 11.4. The summed E-state index contributed by atoms with van der Waals surface area (Å²) >= 11 is 0. The van der Waals surface area contributed by atoms with Crippen molar-refractivity contribution in [1.82, 2.24) is 4.72 Å². The fraction of sp³-hybridized carbons (Fsp3) is 0.267. The fourth-order valence-electron chi connectivity index (χ4n) is 2.13. The van der Waals surface area contributed by atoms with Crippen molar-refractivity contribution in [3.63, 3.8) is 0 Å². The van der Waals surface area contributed by atoms with Gasteiger partial charge in [-0.2, -0.15) is 4.73 Å². The van der Waals surface area contributed by atoms with Gasteiger partial charge >= 0.3 is 0 Å². The predicted octanol–water partition coefficient (Wildman–Crippen LogP) is 1.42. The molecule has 22 heavy (non-hydrogen) atoms. The van der Waals surface area contributed by atoms with E-state index in [-0.39, 0.29) is 11.4 Å². The highest BCUT2D eigenvalue weighted by atomic mass is 32.2. The van der Waals surface area contributed by atoms with Crippen LogP contribution in [0.15, 0.2) is 41.6 Å². The Morgan fingerprint density at radius 1 is 1.27 bits per heavy atom. The van der Waals surface area contributed by atoms with Crippen molar-refractivity contribution in [2.24, 2.45) is 0 Å². The number of hydrogen-bond donors (Lipinski definition) is 1. The predicted molar refractivity (Wildman–Crippen MR) is 81.9 cm³/mol. The summed E-state index contributed by atoms with van der Waals surface area (Å²) in [6.07, 6.45) is 2.67. The highest BCUT2D eigenvalue weighted by Gasteiger charge is 2.18. The Kier molecular flexibility index (Phi) is 4.68. The van der Waals surface area contributed by atoms with Crippen LogP contribution in [0.4, 0.5) is 0 Å². The molecule has 1 heterocycles. The Labute approximate surface area is 130 Å². The Morgan fingerprint density at radius 3 is 2.64 bits per heavy atom. The van der Waals surface area contributed by atoms with Gasteiger partial charge in [0.15, 0.2) is 12.4 Å². The first kappa shape index (κ1) is 16.3. The summed E-state index contributed by atoms with van der Waals surface area (Å²) in [5.74, 6) is 0.645. The minimum Gasteiger partial charge on any atom is -0.619 e. The molecule has 7 heteroatoms. The van der Waals surface area contributed by atoms with Crippen LogP contribution in [0.3, 0.4) is 0 Å². The van der Waals surface area contributed by atoms with Crippen LogP contribution in [-0.2, 0) is 16.6 Å². The molecular formula is C15H18N2O4S. The van der Waals surface area contributed by atoms with Gasteiger partial charge in [0.25, 0.3) is 0 Å². The molecule has 0 aliphatic rings. The van der Waals surface area contributed by atoms with Gasteiger partial charge in [0, 0.05) is 18.2 Å². The van der Waals surface area contributed by atoms with Crippen LogP contribution in [0.5, 0.6) is 5.75 Å². The van der Waals surface area contributed by atoms with E-state index in [2.05, 4.69) is 4.72 Å². The summed E-state index contributed by atoms with van der Waals surface area (Å²) in [7, 11) is -2.12. The second kappa shape index (κ2) is 6.33. The molecule has 0 aliphatic carbocycles. The number of hydrogen-bond acceptors (Lipinski definition) is 4. The molecule has 0 spiro atoms. The van der Waals surface area contributed by atoms with Crippen molar-refractivity contribution in [2.45, 2.75) is 25.3 Å². The van der Waals surface area contributed by atoms with E-state index in [1.54, 1.807) is 45.2 Å². The summed E-state index contributed by atoms with van der Waals surface area (Å²) in [6.45, 7) is 3.55. The van der Waals surface area contributed by atoms with Gasteiger partial charge in [-0.1, -0.05) is 0 Å². The molecule has 0 aliphatic heterocycles.